The number of hydrogen-bond donors (Lipinski definition) is 3. The van der Waals surface area contributed by atoms with Crippen molar-refractivity contribution in [3.05, 3.63) is 6.20 Å². The Hall–Kier alpha value is -1.85. The number of aromatic nitrogens is 4. The first-order valence-electron chi connectivity index (χ1n) is 3.05. The van der Waals surface area contributed by atoms with Crippen LogP contribution in [0.2, 0.25) is 0 Å². The van der Waals surface area contributed by atoms with Crippen LogP contribution in [0.3, 0.4) is 0 Å². The summed E-state index contributed by atoms with van der Waals surface area (Å²) in [6.07, 6.45) is 1.67. The van der Waals surface area contributed by atoms with Gasteiger partial charge in [-0.1, -0.05) is 0 Å². The molecule has 0 radical (unpaired) electrons. The van der Waals surface area contributed by atoms with E-state index >= 15 is 0 Å². The Morgan fingerprint density at radius 3 is 3.00 bits per heavy atom. The molecule has 0 aliphatic rings. The number of nitrogen functional groups attached to an aromatic ring is 2. The maximum Gasteiger partial charge on any atom is 0.389 e. The van der Waals surface area contributed by atoms with E-state index in [1.165, 1.54) is 0 Å². The molecule has 2 rings (SSSR count). The minimum Gasteiger partial charge on any atom is -0.369 e. The van der Waals surface area contributed by atoms with Crippen LogP contribution < -0.4 is 16.5 Å². The minimum absolute atomic E-state index is 0.323. The summed E-state index contributed by atoms with van der Waals surface area (Å²) in [6.45, 7) is 0. The number of H-pyrrole nitrogens is 2. The van der Waals surface area contributed by atoms with Crippen molar-refractivity contribution in [2.24, 2.45) is 0 Å². The van der Waals surface area contributed by atoms with Crippen LogP contribution in [-0.2, 0) is 0 Å². The van der Waals surface area contributed by atoms with E-state index in [4.69, 9.17) is 11.5 Å². The number of nitrogens with two attached hydrogens (primary N) is 2. The van der Waals surface area contributed by atoms with Crippen LogP contribution in [0.5, 0.6) is 0 Å². The third kappa shape index (κ3) is 0.841. The maximum absolute atomic E-state index is 5.38. The molecule has 0 saturated carbocycles. The smallest absolute Gasteiger partial charge is 0.369 e. The monoisotopic (exact) mass is 151 g/mol. The second kappa shape index (κ2) is 1.82. The van der Waals surface area contributed by atoms with E-state index in [1.54, 1.807) is 6.20 Å². The molecule has 2 aromatic rings. The number of aromatic amines is 2. The number of anilines is 2. The van der Waals surface area contributed by atoms with E-state index in [0.29, 0.717) is 17.5 Å². The average Bonchev–Trinajstić information content (AvgIpc) is 2.27. The summed E-state index contributed by atoms with van der Waals surface area (Å²) >= 11 is 0. The first-order valence-corrected chi connectivity index (χ1v) is 3.05. The van der Waals surface area contributed by atoms with Crippen LogP contribution in [0.25, 0.3) is 11.2 Å². The fourth-order valence-corrected chi connectivity index (χ4v) is 0.874. The van der Waals surface area contributed by atoms with E-state index < -0.39 is 0 Å². The zero-order chi connectivity index (χ0) is 7.84. The van der Waals surface area contributed by atoms with E-state index in [2.05, 4.69) is 19.9 Å². The van der Waals surface area contributed by atoms with Crippen molar-refractivity contribution in [2.45, 2.75) is 0 Å². The number of nitrogens with one attached hydrogen (secondary N) is 2. The Morgan fingerprint density at radius 2 is 2.18 bits per heavy atom. The molecule has 6 heteroatoms. The predicted molar refractivity (Wildman–Crippen MR) is 39.3 cm³/mol. The van der Waals surface area contributed by atoms with E-state index in [1.807, 2.05) is 0 Å². The molecular formula is C5H7N6+. The van der Waals surface area contributed by atoms with Gasteiger partial charge < -0.3 is 10.7 Å². The lowest BCUT2D eigenvalue weighted by Gasteiger charge is -1.80. The number of fused-ring (bicyclic) bond motifs is 1. The Balaban J connectivity index is 2.82. The van der Waals surface area contributed by atoms with Crippen LogP contribution in [-0.4, -0.2) is 15.0 Å². The molecule has 56 valence electrons. The topological polar surface area (TPSA) is 108 Å². The fraction of sp³-hybridized carbons (Fsp3) is 0. The molecule has 6 N–H and O–H groups in total. The van der Waals surface area contributed by atoms with Gasteiger partial charge in [-0.3, -0.25) is 5.73 Å². The van der Waals surface area contributed by atoms with Gasteiger partial charge in [-0.25, -0.2) is 4.98 Å². The number of rotatable bonds is 0. The quantitative estimate of drug-likeness (QED) is 0.445. The van der Waals surface area contributed by atoms with Gasteiger partial charge in [0.15, 0.2) is 0 Å². The Bertz CT molecular complexity index is 391. The Morgan fingerprint density at radius 1 is 1.36 bits per heavy atom. The standard InChI is InChI=1S/C5H6N6/c6-4-8-1-2-3(10-4)11-5(7)9-2/h1H,(H5,6,7,8,9,10,11)/p+1. The normalized spacial score (nSPS) is 10.5. The van der Waals surface area contributed by atoms with Gasteiger partial charge in [-0.15, -0.1) is 0 Å². The Labute approximate surface area is 61.7 Å². The van der Waals surface area contributed by atoms with Crippen LogP contribution in [0.1, 0.15) is 0 Å². The van der Waals surface area contributed by atoms with Gasteiger partial charge in [0, 0.05) is 0 Å². The summed E-state index contributed by atoms with van der Waals surface area (Å²) in [5, 5.41) is 0. The molecule has 6 nitrogen and oxygen atoms in total. The second-order valence-corrected chi connectivity index (χ2v) is 2.15. The summed E-state index contributed by atoms with van der Waals surface area (Å²) < 4.78 is 0. The third-order valence-electron chi connectivity index (χ3n) is 1.32. The minimum atomic E-state index is 0.323. The van der Waals surface area contributed by atoms with Gasteiger partial charge in [0.2, 0.25) is 5.95 Å². The van der Waals surface area contributed by atoms with Gasteiger partial charge in [-0.05, 0) is 4.98 Å². The fourth-order valence-electron chi connectivity index (χ4n) is 0.874. The first-order chi connectivity index (χ1) is 5.25. The highest BCUT2D eigenvalue weighted by Crippen LogP contribution is 2.06. The summed E-state index contributed by atoms with van der Waals surface area (Å²) in [6, 6.07) is 0. The van der Waals surface area contributed by atoms with Crippen molar-refractivity contribution >= 4 is 23.1 Å². The van der Waals surface area contributed by atoms with Crippen molar-refractivity contribution in [3.63, 3.8) is 0 Å². The molecule has 0 atom stereocenters. The first kappa shape index (κ1) is 5.90. The molecule has 0 aliphatic heterocycles. The number of hydrogen-bond acceptors (Lipinski definition) is 4. The molecule has 2 heterocycles. The molecule has 0 fully saturated rings. The van der Waals surface area contributed by atoms with Gasteiger partial charge >= 0.3 is 5.95 Å². The van der Waals surface area contributed by atoms with Crippen molar-refractivity contribution in [2.75, 3.05) is 11.5 Å². The highest BCUT2D eigenvalue weighted by Gasteiger charge is 2.06. The van der Waals surface area contributed by atoms with Crippen LogP contribution in [0.15, 0.2) is 6.20 Å². The lowest BCUT2D eigenvalue weighted by molar-refractivity contribution is -0.362. The molecule has 0 amide bonds. The molecule has 11 heavy (non-hydrogen) atoms. The van der Waals surface area contributed by atoms with Crippen LogP contribution in [0, 0.1) is 0 Å². The lowest BCUT2D eigenvalue weighted by atomic mass is 10.6. The van der Waals surface area contributed by atoms with Crippen molar-refractivity contribution in [1.29, 1.82) is 0 Å². The maximum atomic E-state index is 5.38. The molecular weight excluding hydrogens is 144 g/mol. The van der Waals surface area contributed by atoms with Crippen molar-refractivity contribution in [3.8, 4) is 0 Å². The van der Waals surface area contributed by atoms with Gasteiger partial charge in [-0.2, -0.15) is 4.98 Å². The third-order valence-corrected chi connectivity index (χ3v) is 1.32. The highest BCUT2D eigenvalue weighted by molar-refractivity contribution is 5.71. The Kier molecular flexibility index (Phi) is 0.974. The lowest BCUT2D eigenvalue weighted by Crippen LogP contribution is -2.11. The zero-order valence-corrected chi connectivity index (χ0v) is 5.63. The molecule has 0 saturated heterocycles. The van der Waals surface area contributed by atoms with Crippen molar-refractivity contribution < 1.29 is 4.98 Å². The summed E-state index contributed by atoms with van der Waals surface area (Å²) in [4.78, 5) is 13.3. The van der Waals surface area contributed by atoms with Crippen LogP contribution >= 0.6 is 0 Å². The summed E-state index contributed by atoms with van der Waals surface area (Å²) in [5.41, 5.74) is 12.0. The number of imidazole rings is 1. The molecule has 0 spiro atoms. The molecule has 2 aromatic heterocycles. The molecule has 0 aliphatic carbocycles. The van der Waals surface area contributed by atoms with E-state index in [0.717, 1.165) is 5.52 Å². The van der Waals surface area contributed by atoms with Crippen LogP contribution in [0.4, 0.5) is 11.9 Å². The van der Waals surface area contributed by atoms with E-state index in [-0.39, 0.29) is 0 Å². The highest BCUT2D eigenvalue weighted by atomic mass is 15.1. The second-order valence-electron chi connectivity index (χ2n) is 2.15. The van der Waals surface area contributed by atoms with Gasteiger partial charge in [0.1, 0.15) is 5.52 Å². The van der Waals surface area contributed by atoms with Gasteiger partial charge in [0.25, 0.3) is 5.65 Å². The molecule has 0 aromatic carbocycles. The van der Waals surface area contributed by atoms with Gasteiger partial charge in [0.05, 0.1) is 6.20 Å². The van der Waals surface area contributed by atoms with E-state index in [9.17, 15) is 0 Å². The predicted octanol–water partition coefficient (Wildman–Crippen LogP) is -1.06. The molecule has 0 unspecified atom stereocenters. The number of nitrogens with zero attached hydrogens (tertiary/aromatic N) is 2. The summed E-state index contributed by atoms with van der Waals surface area (Å²) in [7, 11) is 0. The summed E-state index contributed by atoms with van der Waals surface area (Å²) in [5.74, 6) is 0.663. The SMILES string of the molecule is Nc1nc2nc(N)[nH+]cc2[nH]1. The molecule has 0 bridgehead atoms. The largest absolute Gasteiger partial charge is 0.389 e. The van der Waals surface area contributed by atoms with Crippen molar-refractivity contribution in [1.82, 2.24) is 15.0 Å². The zero-order valence-electron chi connectivity index (χ0n) is 5.63. The average molecular weight is 151 g/mol.